The zero-order valence-electron chi connectivity index (χ0n) is 15.0. The Kier molecular flexibility index (Phi) is 4.39. The van der Waals surface area contributed by atoms with Crippen LogP contribution < -0.4 is 4.31 Å². The van der Waals surface area contributed by atoms with Gasteiger partial charge in [0.25, 0.3) is 10.0 Å². The second-order valence-corrected chi connectivity index (χ2v) is 9.23. The molecule has 0 aromatic heterocycles. The minimum atomic E-state index is -3.52. The largest absolute Gasteiger partial charge is 0.342 e. The highest BCUT2D eigenvalue weighted by atomic mass is 32.2. The van der Waals surface area contributed by atoms with Crippen LogP contribution in [-0.4, -0.2) is 38.9 Å². The first-order valence-corrected chi connectivity index (χ1v) is 10.7. The van der Waals surface area contributed by atoms with Crippen LogP contribution in [0, 0.1) is 5.92 Å². The van der Waals surface area contributed by atoms with Gasteiger partial charge in [-0.2, -0.15) is 0 Å². The maximum atomic E-state index is 12.9. The van der Waals surface area contributed by atoms with Gasteiger partial charge in [-0.15, -0.1) is 0 Å². The van der Waals surface area contributed by atoms with Crippen molar-refractivity contribution in [3.05, 3.63) is 36.4 Å². The summed E-state index contributed by atoms with van der Waals surface area (Å²) in [5.41, 5.74) is 0.733. The predicted molar refractivity (Wildman–Crippen MR) is 103 cm³/mol. The Morgan fingerprint density at radius 2 is 1.96 bits per heavy atom. The Hall–Kier alpha value is -2.08. The third-order valence-electron chi connectivity index (χ3n) is 5.44. The Bertz CT molecular complexity index is 949. The summed E-state index contributed by atoms with van der Waals surface area (Å²) >= 11 is 0. The summed E-state index contributed by atoms with van der Waals surface area (Å²) in [5, 5.41) is 1.73. The molecule has 5 nitrogen and oxygen atoms in total. The van der Waals surface area contributed by atoms with Gasteiger partial charge in [0, 0.05) is 31.4 Å². The molecule has 1 fully saturated rings. The molecule has 0 bridgehead atoms. The van der Waals surface area contributed by atoms with Crippen molar-refractivity contribution >= 4 is 32.4 Å². The highest BCUT2D eigenvalue weighted by molar-refractivity contribution is 7.93. The minimum Gasteiger partial charge on any atom is -0.342 e. The predicted octanol–water partition coefficient (Wildman–Crippen LogP) is 3.39. The van der Waals surface area contributed by atoms with Crippen molar-refractivity contribution in [1.82, 2.24) is 4.90 Å². The number of sulfonamides is 1. The molecule has 0 N–H and O–H groups in total. The van der Waals surface area contributed by atoms with E-state index >= 15 is 0 Å². The van der Waals surface area contributed by atoms with E-state index in [1.165, 1.54) is 10.7 Å². The molecule has 26 heavy (non-hydrogen) atoms. The van der Waals surface area contributed by atoms with Crippen LogP contribution in [0.3, 0.4) is 0 Å². The van der Waals surface area contributed by atoms with Crippen molar-refractivity contribution in [2.75, 3.05) is 23.9 Å². The van der Waals surface area contributed by atoms with E-state index in [9.17, 15) is 13.2 Å². The fourth-order valence-electron chi connectivity index (χ4n) is 4.15. The molecule has 1 atom stereocenters. The molecule has 2 aliphatic rings. The Balaban J connectivity index is 1.48. The first-order valence-electron chi connectivity index (χ1n) is 9.31. The Morgan fingerprint density at radius 3 is 2.73 bits per heavy atom. The third kappa shape index (κ3) is 2.86. The van der Waals surface area contributed by atoms with Crippen LogP contribution in [0.15, 0.2) is 41.3 Å². The van der Waals surface area contributed by atoms with E-state index in [-0.39, 0.29) is 5.91 Å². The van der Waals surface area contributed by atoms with E-state index in [2.05, 4.69) is 6.92 Å². The van der Waals surface area contributed by atoms with Gasteiger partial charge in [-0.25, -0.2) is 8.42 Å². The number of nitrogens with zero attached hydrogens (tertiary/aromatic N) is 2. The first kappa shape index (κ1) is 17.3. The van der Waals surface area contributed by atoms with Crippen molar-refractivity contribution in [2.45, 2.75) is 37.5 Å². The topological polar surface area (TPSA) is 57.7 Å². The normalized spacial score (nSPS) is 21.3. The van der Waals surface area contributed by atoms with Crippen LogP contribution in [0.2, 0.25) is 0 Å². The zero-order chi connectivity index (χ0) is 18.3. The molecular formula is C20H24N2O3S. The minimum absolute atomic E-state index is 0.142. The third-order valence-corrected chi connectivity index (χ3v) is 7.30. The van der Waals surface area contributed by atoms with E-state index < -0.39 is 10.0 Å². The summed E-state index contributed by atoms with van der Waals surface area (Å²) < 4.78 is 27.3. The standard InChI is InChI=1S/C20H24N2O3S/c1-15-6-4-12-21(14-15)19(23)11-5-13-22-17-9-2-7-16-8-3-10-18(20(16)17)26(22,24)25/h2-3,7-10,15H,4-6,11-14H2,1H3/t15-/m1/s1. The van der Waals surface area contributed by atoms with Crippen LogP contribution in [-0.2, 0) is 14.8 Å². The van der Waals surface area contributed by atoms with E-state index in [1.54, 1.807) is 12.1 Å². The van der Waals surface area contributed by atoms with Gasteiger partial charge in [-0.3, -0.25) is 9.10 Å². The number of anilines is 1. The summed E-state index contributed by atoms with van der Waals surface area (Å²) in [4.78, 5) is 14.8. The smallest absolute Gasteiger partial charge is 0.265 e. The van der Waals surface area contributed by atoms with Gasteiger partial charge in [0.05, 0.1) is 10.6 Å². The molecule has 1 amide bonds. The lowest BCUT2D eigenvalue weighted by Gasteiger charge is -2.31. The number of likely N-dealkylation sites (tertiary alicyclic amines) is 1. The lowest BCUT2D eigenvalue weighted by atomic mass is 10.00. The highest BCUT2D eigenvalue weighted by Crippen LogP contribution is 2.41. The monoisotopic (exact) mass is 372 g/mol. The second-order valence-electron chi connectivity index (χ2n) is 7.40. The van der Waals surface area contributed by atoms with Crippen LogP contribution in [0.5, 0.6) is 0 Å². The van der Waals surface area contributed by atoms with Crippen molar-refractivity contribution in [2.24, 2.45) is 5.92 Å². The summed E-state index contributed by atoms with van der Waals surface area (Å²) in [5.74, 6) is 0.697. The van der Waals surface area contributed by atoms with Crippen LogP contribution in [0.4, 0.5) is 5.69 Å². The maximum Gasteiger partial charge on any atom is 0.265 e. The lowest BCUT2D eigenvalue weighted by molar-refractivity contribution is -0.132. The summed E-state index contributed by atoms with van der Waals surface area (Å²) in [6.45, 7) is 4.17. The maximum absolute atomic E-state index is 12.9. The lowest BCUT2D eigenvalue weighted by Crippen LogP contribution is -2.39. The molecule has 2 aromatic carbocycles. The van der Waals surface area contributed by atoms with Gasteiger partial charge in [-0.05, 0) is 42.7 Å². The molecule has 2 heterocycles. The number of carbonyl (C=O) groups excluding carboxylic acids is 1. The van der Waals surface area contributed by atoms with Gasteiger partial charge in [0.15, 0.2) is 0 Å². The Labute approximate surface area is 154 Å². The number of rotatable bonds is 4. The number of amides is 1. The van der Waals surface area contributed by atoms with Gasteiger partial charge >= 0.3 is 0 Å². The second kappa shape index (κ2) is 6.58. The van der Waals surface area contributed by atoms with E-state index in [4.69, 9.17) is 0 Å². The van der Waals surface area contributed by atoms with E-state index in [0.29, 0.717) is 30.2 Å². The number of benzene rings is 2. The molecule has 0 aliphatic carbocycles. The zero-order valence-corrected chi connectivity index (χ0v) is 15.8. The molecule has 2 aromatic rings. The van der Waals surface area contributed by atoms with Crippen molar-refractivity contribution < 1.29 is 13.2 Å². The number of carbonyl (C=O) groups is 1. The number of piperidine rings is 1. The molecule has 0 spiro atoms. The quantitative estimate of drug-likeness (QED) is 0.827. The van der Waals surface area contributed by atoms with Crippen LogP contribution in [0.1, 0.15) is 32.6 Å². The van der Waals surface area contributed by atoms with Crippen molar-refractivity contribution in [1.29, 1.82) is 0 Å². The summed E-state index contributed by atoms with van der Waals surface area (Å²) in [6, 6.07) is 11.1. The van der Waals surface area contributed by atoms with E-state index in [1.807, 2.05) is 29.2 Å². The molecule has 1 saturated heterocycles. The molecule has 2 aliphatic heterocycles. The average molecular weight is 372 g/mol. The van der Waals surface area contributed by atoms with Crippen LogP contribution >= 0.6 is 0 Å². The molecule has 0 saturated carbocycles. The summed E-state index contributed by atoms with van der Waals surface area (Å²) in [7, 11) is -3.52. The molecule has 0 radical (unpaired) electrons. The molecule has 0 unspecified atom stereocenters. The van der Waals surface area contributed by atoms with Crippen molar-refractivity contribution in [3.8, 4) is 0 Å². The van der Waals surface area contributed by atoms with E-state index in [0.717, 1.165) is 36.0 Å². The van der Waals surface area contributed by atoms with Crippen molar-refractivity contribution in [3.63, 3.8) is 0 Å². The van der Waals surface area contributed by atoms with Gasteiger partial charge in [0.1, 0.15) is 0 Å². The molecule has 4 rings (SSSR count). The molecule has 6 heteroatoms. The number of hydrogen-bond acceptors (Lipinski definition) is 3. The molecule has 138 valence electrons. The SMILES string of the molecule is C[C@@H]1CCCN(C(=O)CCCN2c3cccc4cccc(c34)S2(=O)=O)C1. The average Bonchev–Trinajstić information content (AvgIpc) is 2.85. The first-order chi connectivity index (χ1) is 12.5. The highest BCUT2D eigenvalue weighted by Gasteiger charge is 2.35. The fourth-order valence-corrected chi connectivity index (χ4v) is 5.90. The fraction of sp³-hybridized carbons (Fsp3) is 0.450. The van der Waals surface area contributed by atoms with Gasteiger partial charge in [0.2, 0.25) is 5.91 Å². The van der Waals surface area contributed by atoms with Gasteiger partial charge < -0.3 is 4.90 Å². The van der Waals surface area contributed by atoms with Crippen LogP contribution in [0.25, 0.3) is 10.8 Å². The van der Waals surface area contributed by atoms with Gasteiger partial charge in [-0.1, -0.05) is 31.2 Å². The number of hydrogen-bond donors (Lipinski definition) is 0. The summed E-state index contributed by atoms with van der Waals surface area (Å²) in [6.07, 6.45) is 3.17. The molecular weight excluding hydrogens is 348 g/mol. The Morgan fingerprint density at radius 1 is 1.19 bits per heavy atom.